The molecule has 29 heavy (non-hydrogen) atoms. The summed E-state index contributed by atoms with van der Waals surface area (Å²) in [5.74, 6) is -0.151. The summed E-state index contributed by atoms with van der Waals surface area (Å²) in [4.78, 5) is 17.2. The number of hydrogen-bond donors (Lipinski definition) is 0. The van der Waals surface area contributed by atoms with Crippen LogP contribution >= 0.6 is 11.6 Å². The molecule has 1 saturated heterocycles. The van der Waals surface area contributed by atoms with Crippen LogP contribution in [0.5, 0.6) is 0 Å². The third-order valence-electron chi connectivity index (χ3n) is 5.39. The molecule has 2 aromatic carbocycles. The summed E-state index contributed by atoms with van der Waals surface area (Å²) in [5.41, 5.74) is 2.82. The summed E-state index contributed by atoms with van der Waals surface area (Å²) >= 11 is 6.29. The lowest BCUT2D eigenvalue weighted by Crippen LogP contribution is -2.49. The number of para-hydroxylation sites is 1. The average molecular weight is 436 g/mol. The van der Waals surface area contributed by atoms with Crippen molar-refractivity contribution in [2.24, 2.45) is 0 Å². The van der Waals surface area contributed by atoms with Crippen molar-refractivity contribution in [2.45, 2.75) is 18.7 Å². The number of carbonyl (C=O) groups excluding carboxylic acids is 1. The lowest BCUT2D eigenvalue weighted by atomic mass is 10.0. The molecule has 0 bridgehead atoms. The molecular weight excluding hydrogens is 410 g/mol. The van der Waals surface area contributed by atoms with Gasteiger partial charge in [-0.15, -0.1) is 0 Å². The van der Waals surface area contributed by atoms with E-state index in [1.807, 2.05) is 31.2 Å². The number of nitrogens with zero attached hydrogens (tertiary/aromatic N) is 3. The van der Waals surface area contributed by atoms with E-state index in [4.69, 9.17) is 11.6 Å². The summed E-state index contributed by atoms with van der Waals surface area (Å²) in [7, 11) is -0.641. The second-order valence-corrected chi connectivity index (χ2v) is 9.96. The Morgan fingerprint density at radius 2 is 1.66 bits per heavy atom. The predicted octanol–water partition coefficient (Wildman–Crippen LogP) is 3.17. The Kier molecular flexibility index (Phi) is 6.22. The predicted molar refractivity (Wildman–Crippen MR) is 116 cm³/mol. The van der Waals surface area contributed by atoms with Gasteiger partial charge in [-0.3, -0.25) is 4.79 Å². The van der Waals surface area contributed by atoms with Crippen LogP contribution in [0.3, 0.4) is 0 Å². The van der Waals surface area contributed by atoms with E-state index in [1.54, 1.807) is 17.9 Å². The Labute approximate surface area is 177 Å². The highest BCUT2D eigenvalue weighted by Gasteiger charge is 2.27. The van der Waals surface area contributed by atoms with Crippen LogP contribution in [0.2, 0.25) is 5.02 Å². The molecule has 156 valence electrons. The summed E-state index contributed by atoms with van der Waals surface area (Å²) in [6.45, 7) is 6.03. The van der Waals surface area contributed by atoms with Crippen molar-refractivity contribution in [1.29, 1.82) is 0 Å². The molecule has 0 atom stereocenters. The first-order valence-corrected chi connectivity index (χ1v) is 11.3. The third kappa shape index (κ3) is 4.27. The number of rotatable bonds is 4. The van der Waals surface area contributed by atoms with E-state index >= 15 is 0 Å². The first kappa shape index (κ1) is 21.6. The van der Waals surface area contributed by atoms with Crippen LogP contribution in [0.1, 0.15) is 21.5 Å². The van der Waals surface area contributed by atoms with E-state index in [-0.39, 0.29) is 10.8 Å². The van der Waals surface area contributed by atoms with Gasteiger partial charge in [0, 0.05) is 45.8 Å². The van der Waals surface area contributed by atoms with Gasteiger partial charge in [-0.25, -0.2) is 12.7 Å². The van der Waals surface area contributed by atoms with Crippen LogP contribution < -0.4 is 4.90 Å². The molecule has 1 fully saturated rings. The number of aryl methyl sites for hydroxylation is 1. The van der Waals surface area contributed by atoms with Gasteiger partial charge < -0.3 is 9.80 Å². The lowest BCUT2D eigenvalue weighted by molar-refractivity contribution is 0.0746. The number of benzene rings is 2. The number of amides is 1. The zero-order chi connectivity index (χ0) is 21.3. The van der Waals surface area contributed by atoms with E-state index in [0.717, 1.165) is 11.3 Å². The minimum atomic E-state index is -3.63. The molecule has 1 aliphatic rings. The quantitative estimate of drug-likeness (QED) is 0.740. The average Bonchev–Trinajstić information content (AvgIpc) is 2.69. The Bertz CT molecular complexity index is 1030. The molecule has 6 nitrogen and oxygen atoms in total. The van der Waals surface area contributed by atoms with Crippen molar-refractivity contribution in [3.63, 3.8) is 0 Å². The SMILES string of the molecule is Cc1cc(C(=O)N2CCN(c3ccccc3Cl)CC2)cc(S(=O)(=O)N(C)C)c1C. The normalized spacial score (nSPS) is 15.1. The monoisotopic (exact) mass is 435 g/mol. The van der Waals surface area contributed by atoms with Crippen LogP contribution in [0.4, 0.5) is 5.69 Å². The van der Waals surface area contributed by atoms with Gasteiger partial charge in [0.1, 0.15) is 0 Å². The van der Waals surface area contributed by atoms with E-state index in [1.165, 1.54) is 24.5 Å². The molecule has 0 unspecified atom stereocenters. The highest BCUT2D eigenvalue weighted by molar-refractivity contribution is 7.89. The van der Waals surface area contributed by atoms with Crippen LogP contribution in [0, 0.1) is 13.8 Å². The molecule has 1 heterocycles. The summed E-state index contributed by atoms with van der Waals surface area (Å²) < 4.78 is 26.5. The second-order valence-electron chi connectivity index (χ2n) is 7.43. The van der Waals surface area contributed by atoms with Crippen molar-refractivity contribution in [1.82, 2.24) is 9.21 Å². The highest BCUT2D eigenvalue weighted by Crippen LogP contribution is 2.27. The Balaban J connectivity index is 1.82. The number of sulfonamides is 1. The number of hydrogen-bond acceptors (Lipinski definition) is 4. The fraction of sp³-hybridized carbons (Fsp3) is 0.381. The molecule has 1 aliphatic heterocycles. The number of carbonyl (C=O) groups is 1. The summed E-state index contributed by atoms with van der Waals surface area (Å²) in [6, 6.07) is 10.9. The van der Waals surface area contributed by atoms with Crippen LogP contribution in [0.25, 0.3) is 0 Å². The second kappa shape index (κ2) is 8.34. The maximum atomic E-state index is 13.1. The van der Waals surface area contributed by atoms with Gasteiger partial charge in [-0.05, 0) is 49.2 Å². The molecule has 8 heteroatoms. The molecule has 0 saturated carbocycles. The molecule has 0 radical (unpaired) electrons. The third-order valence-corrected chi connectivity index (χ3v) is 7.65. The smallest absolute Gasteiger partial charge is 0.254 e. The molecule has 1 amide bonds. The number of halogens is 1. The highest BCUT2D eigenvalue weighted by atomic mass is 35.5. The maximum Gasteiger partial charge on any atom is 0.254 e. The lowest BCUT2D eigenvalue weighted by Gasteiger charge is -2.36. The van der Waals surface area contributed by atoms with Crippen molar-refractivity contribution >= 4 is 33.2 Å². The van der Waals surface area contributed by atoms with Crippen molar-refractivity contribution in [3.05, 3.63) is 58.1 Å². The van der Waals surface area contributed by atoms with E-state index in [0.29, 0.717) is 42.3 Å². The van der Waals surface area contributed by atoms with Gasteiger partial charge in [0.25, 0.3) is 5.91 Å². The van der Waals surface area contributed by atoms with Crippen LogP contribution in [-0.2, 0) is 10.0 Å². The van der Waals surface area contributed by atoms with E-state index < -0.39 is 10.0 Å². The van der Waals surface area contributed by atoms with Crippen LogP contribution in [0.15, 0.2) is 41.3 Å². The van der Waals surface area contributed by atoms with Gasteiger partial charge in [-0.1, -0.05) is 23.7 Å². The number of anilines is 1. The first-order valence-electron chi connectivity index (χ1n) is 9.45. The molecule has 0 aliphatic carbocycles. The van der Waals surface area contributed by atoms with Crippen LogP contribution in [-0.4, -0.2) is 63.8 Å². The van der Waals surface area contributed by atoms with Crippen molar-refractivity contribution < 1.29 is 13.2 Å². The summed E-state index contributed by atoms with van der Waals surface area (Å²) in [5, 5.41) is 0.694. The Morgan fingerprint density at radius 1 is 1.03 bits per heavy atom. The largest absolute Gasteiger partial charge is 0.367 e. The maximum absolute atomic E-state index is 13.1. The molecule has 3 rings (SSSR count). The Hall–Kier alpha value is -2.09. The topological polar surface area (TPSA) is 60.9 Å². The van der Waals surface area contributed by atoms with Crippen molar-refractivity contribution in [2.75, 3.05) is 45.2 Å². The molecule has 0 aromatic heterocycles. The number of piperazine rings is 1. The standard InChI is InChI=1S/C21H26ClN3O3S/c1-15-13-17(14-20(16(15)2)29(27,28)23(3)4)21(26)25-11-9-24(10-12-25)19-8-6-5-7-18(19)22/h5-8,13-14H,9-12H2,1-4H3. The van der Waals surface area contributed by atoms with E-state index in [9.17, 15) is 13.2 Å². The fourth-order valence-electron chi connectivity index (χ4n) is 3.46. The minimum absolute atomic E-state index is 0.151. The zero-order valence-corrected chi connectivity index (χ0v) is 18.7. The van der Waals surface area contributed by atoms with Crippen molar-refractivity contribution in [3.8, 4) is 0 Å². The van der Waals surface area contributed by atoms with Gasteiger partial charge >= 0.3 is 0 Å². The van der Waals surface area contributed by atoms with Gasteiger partial charge in [0.05, 0.1) is 15.6 Å². The summed E-state index contributed by atoms with van der Waals surface area (Å²) in [6.07, 6.45) is 0. The zero-order valence-electron chi connectivity index (χ0n) is 17.1. The molecule has 2 aromatic rings. The minimum Gasteiger partial charge on any atom is -0.367 e. The van der Waals surface area contributed by atoms with Gasteiger partial charge in [0.15, 0.2) is 0 Å². The molecule has 0 spiro atoms. The molecular formula is C21H26ClN3O3S. The van der Waals surface area contributed by atoms with Gasteiger partial charge in [0.2, 0.25) is 10.0 Å². The Morgan fingerprint density at radius 3 is 2.24 bits per heavy atom. The first-order chi connectivity index (χ1) is 13.6. The molecule has 0 N–H and O–H groups in total. The van der Waals surface area contributed by atoms with E-state index in [2.05, 4.69) is 4.90 Å². The fourth-order valence-corrected chi connectivity index (χ4v) is 4.93. The van der Waals surface area contributed by atoms with Gasteiger partial charge in [-0.2, -0.15) is 0 Å².